The third kappa shape index (κ3) is 3.97. The van der Waals surface area contributed by atoms with E-state index in [9.17, 15) is 21.6 Å². The van der Waals surface area contributed by atoms with Crippen molar-refractivity contribution in [2.75, 3.05) is 0 Å². The first kappa shape index (κ1) is 20.2. The topological polar surface area (TPSA) is 104 Å². The fourth-order valence-electron chi connectivity index (χ4n) is 2.76. The van der Waals surface area contributed by atoms with Gasteiger partial charge in [-0.1, -0.05) is 24.3 Å². The highest BCUT2D eigenvalue weighted by molar-refractivity contribution is 7.89. The molecule has 0 atom stereocenters. The fourth-order valence-corrected chi connectivity index (χ4v) is 3.77. The van der Waals surface area contributed by atoms with E-state index in [1.807, 2.05) is 5.38 Å². The van der Waals surface area contributed by atoms with Gasteiger partial charge in [-0.3, -0.25) is 0 Å². The van der Waals surface area contributed by atoms with Gasteiger partial charge in [0.05, 0.1) is 28.8 Å². The average molecular weight is 451 g/mol. The molecule has 0 radical (unpaired) electrons. The zero-order valence-electron chi connectivity index (χ0n) is 14.9. The first-order valence-corrected chi connectivity index (χ1v) is 10.8. The standard InChI is InChI=1S/C18H12F3N5O2S2/c19-18(20,21)16-7-15(12-3-1-11(2-4-12)14-9-29-10-24-14)26(25-16)13-5-6-17(23-8-13)30(22,27)28/h1-10H,(H2,22,27,28). The van der Waals surface area contributed by atoms with Crippen LogP contribution in [0.25, 0.3) is 28.2 Å². The van der Waals surface area contributed by atoms with E-state index in [0.29, 0.717) is 5.56 Å². The minimum Gasteiger partial charge on any atom is -0.245 e. The fraction of sp³-hybridized carbons (Fsp3) is 0.0556. The van der Waals surface area contributed by atoms with Gasteiger partial charge >= 0.3 is 6.18 Å². The number of aromatic nitrogens is 4. The summed E-state index contributed by atoms with van der Waals surface area (Å²) in [7, 11) is -4.03. The Balaban J connectivity index is 1.80. The SMILES string of the molecule is NS(=O)(=O)c1ccc(-n2nc(C(F)(F)F)cc2-c2ccc(-c3cscn3)cc2)cn1. The summed E-state index contributed by atoms with van der Waals surface area (Å²) >= 11 is 1.43. The van der Waals surface area contributed by atoms with E-state index in [-0.39, 0.29) is 11.4 Å². The van der Waals surface area contributed by atoms with Crippen LogP contribution in [0.15, 0.2) is 64.6 Å². The molecule has 7 nitrogen and oxygen atoms in total. The van der Waals surface area contributed by atoms with E-state index >= 15 is 0 Å². The quantitative estimate of drug-likeness (QED) is 0.509. The number of rotatable bonds is 4. The second kappa shape index (κ2) is 7.31. The third-order valence-corrected chi connectivity index (χ3v) is 5.58. The lowest BCUT2D eigenvalue weighted by Crippen LogP contribution is -2.14. The molecule has 30 heavy (non-hydrogen) atoms. The van der Waals surface area contributed by atoms with Crippen molar-refractivity contribution in [2.45, 2.75) is 11.2 Å². The van der Waals surface area contributed by atoms with E-state index in [2.05, 4.69) is 15.1 Å². The number of nitrogens with two attached hydrogens (primary N) is 1. The molecule has 0 saturated heterocycles. The van der Waals surface area contributed by atoms with Gasteiger partial charge in [0.15, 0.2) is 10.7 Å². The minimum absolute atomic E-state index is 0.150. The number of alkyl halides is 3. The molecule has 4 aromatic rings. The number of primary sulfonamides is 1. The average Bonchev–Trinajstić information content (AvgIpc) is 3.37. The van der Waals surface area contributed by atoms with Gasteiger partial charge in [0.25, 0.3) is 10.0 Å². The summed E-state index contributed by atoms with van der Waals surface area (Å²) in [5.41, 5.74) is 2.98. The van der Waals surface area contributed by atoms with Crippen LogP contribution in [0.1, 0.15) is 5.69 Å². The summed E-state index contributed by atoms with van der Waals surface area (Å²) < 4.78 is 63.7. The maximum Gasteiger partial charge on any atom is 0.435 e. The number of nitrogens with zero attached hydrogens (tertiary/aromatic N) is 4. The second-order valence-electron chi connectivity index (χ2n) is 6.18. The van der Waals surface area contributed by atoms with Crippen LogP contribution in [0.5, 0.6) is 0 Å². The van der Waals surface area contributed by atoms with E-state index in [4.69, 9.17) is 5.14 Å². The van der Waals surface area contributed by atoms with Crippen molar-refractivity contribution in [2.24, 2.45) is 5.14 Å². The van der Waals surface area contributed by atoms with Crippen molar-refractivity contribution < 1.29 is 21.6 Å². The van der Waals surface area contributed by atoms with Crippen LogP contribution < -0.4 is 5.14 Å². The van der Waals surface area contributed by atoms with Crippen LogP contribution in [0, 0.1) is 0 Å². The van der Waals surface area contributed by atoms with Gasteiger partial charge in [0, 0.05) is 16.5 Å². The maximum absolute atomic E-state index is 13.3. The number of benzene rings is 1. The van der Waals surface area contributed by atoms with E-state index in [0.717, 1.165) is 34.3 Å². The van der Waals surface area contributed by atoms with Gasteiger partial charge in [-0.25, -0.2) is 28.2 Å². The van der Waals surface area contributed by atoms with Crippen molar-refractivity contribution in [3.05, 3.63) is 65.2 Å². The van der Waals surface area contributed by atoms with Crippen molar-refractivity contribution in [1.29, 1.82) is 0 Å². The summed E-state index contributed by atoms with van der Waals surface area (Å²) in [5, 5.41) is 10.1. The van der Waals surface area contributed by atoms with Gasteiger partial charge in [-0.2, -0.15) is 18.3 Å². The van der Waals surface area contributed by atoms with Gasteiger partial charge in [0.2, 0.25) is 0 Å². The highest BCUT2D eigenvalue weighted by atomic mass is 32.2. The van der Waals surface area contributed by atoms with Crippen LogP contribution >= 0.6 is 11.3 Å². The molecule has 0 bridgehead atoms. The minimum atomic E-state index is -4.66. The smallest absolute Gasteiger partial charge is 0.245 e. The molecule has 154 valence electrons. The van der Waals surface area contributed by atoms with Gasteiger partial charge in [-0.05, 0) is 18.2 Å². The number of sulfonamides is 1. The molecular weight excluding hydrogens is 439 g/mol. The Morgan fingerprint density at radius 2 is 1.70 bits per heavy atom. The molecule has 0 spiro atoms. The zero-order chi connectivity index (χ0) is 21.5. The van der Waals surface area contributed by atoms with Crippen molar-refractivity contribution in [3.63, 3.8) is 0 Å². The van der Waals surface area contributed by atoms with Crippen molar-refractivity contribution in [3.8, 4) is 28.2 Å². The van der Waals surface area contributed by atoms with E-state index in [1.165, 1.54) is 17.4 Å². The van der Waals surface area contributed by atoms with Crippen LogP contribution in [-0.2, 0) is 16.2 Å². The molecule has 0 aliphatic rings. The normalized spacial score (nSPS) is 12.3. The molecule has 3 heterocycles. The maximum atomic E-state index is 13.3. The number of pyridine rings is 1. The number of hydrogen-bond donors (Lipinski definition) is 1. The predicted molar refractivity (Wildman–Crippen MR) is 104 cm³/mol. The van der Waals surface area contributed by atoms with Gasteiger partial charge in [-0.15, -0.1) is 11.3 Å². The summed E-state index contributed by atoms with van der Waals surface area (Å²) in [5.74, 6) is 0. The van der Waals surface area contributed by atoms with Crippen molar-refractivity contribution in [1.82, 2.24) is 19.7 Å². The van der Waals surface area contributed by atoms with Gasteiger partial charge in [0.1, 0.15) is 0 Å². The summed E-state index contributed by atoms with van der Waals surface area (Å²) in [6, 6.07) is 10.1. The zero-order valence-corrected chi connectivity index (χ0v) is 16.5. The Labute approximate surface area is 172 Å². The highest BCUT2D eigenvalue weighted by Gasteiger charge is 2.35. The molecule has 0 saturated carbocycles. The monoisotopic (exact) mass is 451 g/mol. The molecule has 0 aliphatic heterocycles. The van der Waals surface area contributed by atoms with Crippen LogP contribution in [-0.4, -0.2) is 28.2 Å². The van der Waals surface area contributed by atoms with Crippen LogP contribution in [0.4, 0.5) is 13.2 Å². The Morgan fingerprint density at radius 1 is 1.00 bits per heavy atom. The lowest BCUT2D eigenvalue weighted by molar-refractivity contribution is -0.141. The van der Waals surface area contributed by atoms with Gasteiger partial charge < -0.3 is 0 Å². The van der Waals surface area contributed by atoms with Crippen molar-refractivity contribution >= 4 is 21.4 Å². The molecule has 12 heteroatoms. The Hall–Kier alpha value is -3.09. The Bertz CT molecular complexity index is 1280. The third-order valence-electron chi connectivity index (χ3n) is 4.17. The number of thiazole rings is 1. The molecule has 0 fully saturated rings. The summed E-state index contributed by atoms with van der Waals surface area (Å²) in [4.78, 5) is 7.92. The Kier molecular flexibility index (Phi) is 4.92. The highest BCUT2D eigenvalue weighted by Crippen LogP contribution is 2.34. The van der Waals surface area contributed by atoms with Crippen LogP contribution in [0.2, 0.25) is 0 Å². The molecule has 1 aromatic carbocycles. The molecular formula is C18H12F3N5O2S2. The lowest BCUT2D eigenvalue weighted by Gasteiger charge is -2.08. The molecule has 0 amide bonds. The first-order chi connectivity index (χ1) is 14.1. The van der Waals surface area contributed by atoms with E-state index in [1.54, 1.807) is 29.8 Å². The molecule has 3 aromatic heterocycles. The first-order valence-electron chi connectivity index (χ1n) is 8.28. The number of halogens is 3. The Morgan fingerprint density at radius 3 is 2.23 bits per heavy atom. The van der Waals surface area contributed by atoms with E-state index < -0.39 is 26.9 Å². The molecule has 2 N–H and O–H groups in total. The summed E-state index contributed by atoms with van der Waals surface area (Å²) in [6.45, 7) is 0. The predicted octanol–water partition coefficient (Wildman–Crippen LogP) is 3.72. The molecule has 0 aliphatic carbocycles. The largest absolute Gasteiger partial charge is 0.435 e. The molecule has 4 rings (SSSR count). The molecule has 0 unspecified atom stereocenters. The lowest BCUT2D eigenvalue weighted by atomic mass is 10.1. The number of hydrogen-bond acceptors (Lipinski definition) is 6. The summed E-state index contributed by atoms with van der Waals surface area (Å²) in [6.07, 6.45) is -3.56. The second-order valence-corrected chi connectivity index (χ2v) is 8.40. The van der Waals surface area contributed by atoms with Crippen LogP contribution in [0.3, 0.4) is 0 Å².